The van der Waals surface area contributed by atoms with E-state index in [0.29, 0.717) is 36.2 Å². The minimum Gasteiger partial charge on any atom is -0.497 e. The highest BCUT2D eigenvalue weighted by Crippen LogP contribution is 2.30. The third kappa shape index (κ3) is 4.22. The molecule has 0 unspecified atom stereocenters. The highest BCUT2D eigenvalue weighted by Gasteiger charge is 2.25. The number of urea groups is 1. The molecule has 2 heterocycles. The molecule has 0 spiro atoms. The zero-order valence-electron chi connectivity index (χ0n) is 17.0. The van der Waals surface area contributed by atoms with E-state index in [1.807, 2.05) is 24.3 Å². The lowest BCUT2D eigenvalue weighted by molar-refractivity contribution is 0.112. The van der Waals surface area contributed by atoms with Crippen LogP contribution < -0.4 is 19.5 Å². The van der Waals surface area contributed by atoms with E-state index in [9.17, 15) is 4.79 Å². The first-order chi connectivity index (χ1) is 14.7. The Kier molecular flexibility index (Phi) is 5.83. The minimum atomic E-state index is -0.165. The Balaban J connectivity index is 1.36. The van der Waals surface area contributed by atoms with Crippen molar-refractivity contribution in [3.63, 3.8) is 0 Å². The second-order valence-corrected chi connectivity index (χ2v) is 7.04. The predicted molar refractivity (Wildman–Crippen MR) is 113 cm³/mol. The molecule has 1 aromatic heterocycles. The SMILES string of the molecule is COc1ccc(NC(=O)N2CCC(Oc3nncc4ccccc34)CC2)c(OC)c1. The number of nitrogens with one attached hydrogen (secondary N) is 1. The summed E-state index contributed by atoms with van der Waals surface area (Å²) in [5, 5.41) is 13.0. The summed E-state index contributed by atoms with van der Waals surface area (Å²) in [5.41, 5.74) is 0.604. The van der Waals surface area contributed by atoms with Gasteiger partial charge >= 0.3 is 6.03 Å². The number of hydrogen-bond acceptors (Lipinski definition) is 6. The molecule has 2 amide bonds. The molecule has 0 aliphatic carbocycles. The van der Waals surface area contributed by atoms with Crippen molar-refractivity contribution >= 4 is 22.5 Å². The van der Waals surface area contributed by atoms with E-state index in [2.05, 4.69) is 15.5 Å². The molecule has 1 aliphatic heterocycles. The van der Waals surface area contributed by atoms with Gasteiger partial charge in [0.05, 0.1) is 26.1 Å². The van der Waals surface area contributed by atoms with Crippen molar-refractivity contribution in [2.75, 3.05) is 32.6 Å². The second-order valence-electron chi connectivity index (χ2n) is 7.04. The van der Waals surface area contributed by atoms with Crippen molar-refractivity contribution in [1.82, 2.24) is 15.1 Å². The molecule has 0 bridgehead atoms. The summed E-state index contributed by atoms with van der Waals surface area (Å²) in [5.74, 6) is 1.76. The minimum absolute atomic E-state index is 0.00956. The lowest BCUT2D eigenvalue weighted by Crippen LogP contribution is -2.43. The fourth-order valence-electron chi connectivity index (χ4n) is 3.52. The van der Waals surface area contributed by atoms with Crippen LogP contribution in [0, 0.1) is 0 Å². The van der Waals surface area contributed by atoms with E-state index >= 15 is 0 Å². The van der Waals surface area contributed by atoms with Gasteiger partial charge in [-0.3, -0.25) is 0 Å². The van der Waals surface area contributed by atoms with Gasteiger partial charge in [0.2, 0.25) is 5.88 Å². The Morgan fingerprint density at radius 3 is 2.67 bits per heavy atom. The molecule has 0 atom stereocenters. The molecule has 8 heteroatoms. The summed E-state index contributed by atoms with van der Waals surface area (Å²) in [6.45, 7) is 1.18. The molecule has 8 nitrogen and oxygen atoms in total. The summed E-state index contributed by atoms with van der Waals surface area (Å²) < 4.78 is 16.7. The highest BCUT2D eigenvalue weighted by molar-refractivity contribution is 5.91. The maximum absolute atomic E-state index is 12.7. The third-order valence-electron chi connectivity index (χ3n) is 5.19. The summed E-state index contributed by atoms with van der Waals surface area (Å²) in [6.07, 6.45) is 3.16. The number of nitrogens with zero attached hydrogens (tertiary/aromatic N) is 3. The van der Waals surface area contributed by atoms with Crippen LogP contribution in [-0.4, -0.2) is 54.5 Å². The van der Waals surface area contributed by atoms with E-state index in [-0.39, 0.29) is 12.1 Å². The van der Waals surface area contributed by atoms with Crippen molar-refractivity contribution in [1.29, 1.82) is 0 Å². The van der Waals surface area contributed by atoms with Crippen LogP contribution in [-0.2, 0) is 0 Å². The Morgan fingerprint density at radius 2 is 1.90 bits per heavy atom. The molecule has 0 radical (unpaired) electrons. The number of likely N-dealkylation sites (tertiary alicyclic amines) is 1. The number of rotatable bonds is 5. The Hall–Kier alpha value is -3.55. The average molecular weight is 408 g/mol. The van der Waals surface area contributed by atoms with E-state index in [1.165, 1.54) is 0 Å². The first-order valence-corrected chi connectivity index (χ1v) is 9.83. The lowest BCUT2D eigenvalue weighted by Gasteiger charge is -2.32. The zero-order valence-corrected chi connectivity index (χ0v) is 17.0. The number of anilines is 1. The molecular formula is C22H24N4O4. The topological polar surface area (TPSA) is 85.8 Å². The number of carbonyl (C=O) groups excluding carboxylic acids is 1. The van der Waals surface area contributed by atoms with Gasteiger partial charge < -0.3 is 24.4 Å². The van der Waals surface area contributed by atoms with Gasteiger partial charge in [0.15, 0.2) is 0 Å². The van der Waals surface area contributed by atoms with Crippen LogP contribution in [0.2, 0.25) is 0 Å². The molecule has 3 aromatic rings. The van der Waals surface area contributed by atoms with Crippen molar-refractivity contribution < 1.29 is 19.0 Å². The fraction of sp³-hybridized carbons (Fsp3) is 0.318. The van der Waals surface area contributed by atoms with E-state index < -0.39 is 0 Å². The van der Waals surface area contributed by atoms with Crippen LogP contribution in [0.1, 0.15) is 12.8 Å². The van der Waals surface area contributed by atoms with Crippen LogP contribution in [0.15, 0.2) is 48.7 Å². The molecule has 2 aromatic carbocycles. The molecule has 1 N–H and O–H groups in total. The summed E-state index contributed by atoms with van der Waals surface area (Å²) in [4.78, 5) is 14.5. The molecule has 156 valence electrons. The highest BCUT2D eigenvalue weighted by atomic mass is 16.5. The first kappa shape index (κ1) is 19.8. The molecule has 1 saturated heterocycles. The number of aromatic nitrogens is 2. The maximum atomic E-state index is 12.7. The van der Waals surface area contributed by atoms with Gasteiger partial charge in [-0.2, -0.15) is 5.10 Å². The zero-order chi connectivity index (χ0) is 20.9. The molecule has 0 saturated carbocycles. The van der Waals surface area contributed by atoms with Gasteiger partial charge in [-0.25, -0.2) is 4.79 Å². The van der Waals surface area contributed by atoms with Crippen molar-refractivity contribution in [2.24, 2.45) is 0 Å². The van der Waals surface area contributed by atoms with Gasteiger partial charge in [-0.15, -0.1) is 5.10 Å². The van der Waals surface area contributed by atoms with E-state index in [1.54, 1.807) is 43.5 Å². The number of carbonyl (C=O) groups is 1. The van der Waals surface area contributed by atoms with E-state index in [4.69, 9.17) is 14.2 Å². The van der Waals surface area contributed by atoms with Crippen LogP contribution in [0.4, 0.5) is 10.5 Å². The number of amides is 2. The monoisotopic (exact) mass is 408 g/mol. The van der Waals surface area contributed by atoms with Gasteiger partial charge in [0.25, 0.3) is 0 Å². The van der Waals surface area contributed by atoms with Gasteiger partial charge in [0, 0.05) is 42.8 Å². The van der Waals surface area contributed by atoms with Crippen LogP contribution in [0.25, 0.3) is 10.8 Å². The molecule has 4 rings (SSSR count). The summed E-state index contributed by atoms with van der Waals surface area (Å²) >= 11 is 0. The Labute approximate surface area is 174 Å². The van der Waals surface area contributed by atoms with Crippen LogP contribution >= 0.6 is 0 Å². The first-order valence-electron chi connectivity index (χ1n) is 9.83. The lowest BCUT2D eigenvalue weighted by atomic mass is 10.1. The number of piperidine rings is 1. The summed E-state index contributed by atoms with van der Waals surface area (Å²) in [6, 6.07) is 13.0. The van der Waals surface area contributed by atoms with Crippen molar-refractivity contribution in [3.8, 4) is 17.4 Å². The average Bonchev–Trinajstić information content (AvgIpc) is 2.80. The number of methoxy groups -OCH3 is 2. The number of fused-ring (bicyclic) bond motifs is 1. The van der Waals surface area contributed by atoms with Crippen LogP contribution in [0.3, 0.4) is 0 Å². The molecule has 1 aliphatic rings. The largest absolute Gasteiger partial charge is 0.497 e. The van der Waals surface area contributed by atoms with Crippen molar-refractivity contribution in [3.05, 3.63) is 48.7 Å². The van der Waals surface area contributed by atoms with Gasteiger partial charge in [-0.1, -0.05) is 18.2 Å². The number of ether oxygens (including phenoxy) is 3. The Bertz CT molecular complexity index is 1030. The fourth-order valence-corrected chi connectivity index (χ4v) is 3.52. The molecular weight excluding hydrogens is 384 g/mol. The maximum Gasteiger partial charge on any atom is 0.321 e. The standard InChI is InChI=1S/C22H24N4O4/c1-28-17-7-8-19(20(13-17)29-2)24-22(27)26-11-9-16(10-12-26)30-21-18-6-4-3-5-15(18)14-23-25-21/h3-8,13-14,16H,9-12H2,1-2H3,(H,24,27). The Morgan fingerprint density at radius 1 is 1.10 bits per heavy atom. The number of benzene rings is 2. The predicted octanol–water partition coefficient (Wildman–Crippen LogP) is 3.72. The third-order valence-corrected chi connectivity index (χ3v) is 5.19. The quantitative estimate of drug-likeness (QED) is 0.693. The molecule has 1 fully saturated rings. The van der Waals surface area contributed by atoms with Crippen molar-refractivity contribution in [2.45, 2.75) is 18.9 Å². The van der Waals surface area contributed by atoms with Gasteiger partial charge in [0.1, 0.15) is 17.6 Å². The van der Waals surface area contributed by atoms with Gasteiger partial charge in [-0.05, 0) is 18.2 Å². The van der Waals surface area contributed by atoms with E-state index in [0.717, 1.165) is 23.6 Å². The molecule has 30 heavy (non-hydrogen) atoms. The van der Waals surface area contributed by atoms with Crippen LogP contribution in [0.5, 0.6) is 17.4 Å². The second kappa shape index (κ2) is 8.86. The number of hydrogen-bond donors (Lipinski definition) is 1. The smallest absolute Gasteiger partial charge is 0.321 e. The normalized spacial score (nSPS) is 14.4. The summed E-state index contributed by atoms with van der Waals surface area (Å²) in [7, 11) is 3.15.